The molecule has 130 valence electrons. The molecule has 1 N–H and O–H groups in total. The van der Waals surface area contributed by atoms with E-state index in [4.69, 9.17) is 9.47 Å². The second-order valence-corrected chi connectivity index (χ2v) is 6.31. The van der Waals surface area contributed by atoms with Crippen molar-refractivity contribution in [2.24, 2.45) is 0 Å². The third-order valence-electron chi connectivity index (χ3n) is 4.64. The molecule has 1 amide bonds. The van der Waals surface area contributed by atoms with Gasteiger partial charge in [0.1, 0.15) is 6.04 Å². The van der Waals surface area contributed by atoms with Gasteiger partial charge >= 0.3 is 5.97 Å². The maximum Gasteiger partial charge on any atom is 0.326 e. The Bertz CT molecular complexity index is 597. The Morgan fingerprint density at radius 1 is 1.29 bits per heavy atom. The Morgan fingerprint density at radius 3 is 2.79 bits per heavy atom. The van der Waals surface area contributed by atoms with Crippen LogP contribution in [0.3, 0.4) is 0 Å². The minimum Gasteiger partial charge on any atom is -0.480 e. The van der Waals surface area contributed by atoms with Crippen LogP contribution >= 0.6 is 0 Å². The summed E-state index contributed by atoms with van der Waals surface area (Å²) < 4.78 is 11.0. The topological polar surface area (TPSA) is 76.1 Å². The van der Waals surface area contributed by atoms with Gasteiger partial charge in [0.15, 0.2) is 0 Å². The van der Waals surface area contributed by atoms with E-state index in [0.717, 1.165) is 30.6 Å². The fourth-order valence-corrected chi connectivity index (χ4v) is 3.30. The van der Waals surface area contributed by atoms with Crippen LogP contribution < -0.4 is 0 Å². The third-order valence-corrected chi connectivity index (χ3v) is 4.64. The molecular weight excluding hydrogens is 310 g/mol. The summed E-state index contributed by atoms with van der Waals surface area (Å²) in [4.78, 5) is 25.5. The molecule has 2 aliphatic heterocycles. The summed E-state index contributed by atoms with van der Waals surface area (Å²) in [6, 6.07) is 6.88. The Labute approximate surface area is 141 Å². The zero-order valence-corrected chi connectivity index (χ0v) is 13.6. The van der Waals surface area contributed by atoms with Crippen LogP contribution in [-0.4, -0.2) is 53.8 Å². The number of nitrogens with zero attached hydrogens (tertiary/aromatic N) is 1. The van der Waals surface area contributed by atoms with Gasteiger partial charge in [-0.15, -0.1) is 0 Å². The number of hydrogen-bond donors (Lipinski definition) is 1. The first-order chi connectivity index (χ1) is 11.6. The number of benzene rings is 1. The molecule has 1 saturated heterocycles. The fourth-order valence-electron chi connectivity index (χ4n) is 3.30. The van der Waals surface area contributed by atoms with Crippen molar-refractivity contribution in [3.63, 3.8) is 0 Å². The van der Waals surface area contributed by atoms with E-state index in [1.54, 1.807) is 0 Å². The van der Waals surface area contributed by atoms with Crippen LogP contribution in [0, 0.1) is 0 Å². The number of aliphatic carboxylic acids is 1. The van der Waals surface area contributed by atoms with E-state index in [1.807, 2.05) is 24.3 Å². The van der Waals surface area contributed by atoms with Gasteiger partial charge in [-0.3, -0.25) is 4.79 Å². The smallest absolute Gasteiger partial charge is 0.326 e. The molecule has 6 heteroatoms. The first kappa shape index (κ1) is 16.9. The summed E-state index contributed by atoms with van der Waals surface area (Å²) in [5.41, 5.74) is 2.02. The number of carbonyl (C=O) groups is 2. The van der Waals surface area contributed by atoms with E-state index in [0.29, 0.717) is 26.2 Å². The molecule has 2 unspecified atom stereocenters. The van der Waals surface area contributed by atoms with Crippen molar-refractivity contribution in [2.75, 3.05) is 19.8 Å². The molecule has 1 aromatic carbocycles. The van der Waals surface area contributed by atoms with Crippen LogP contribution in [0.2, 0.25) is 0 Å². The molecule has 2 heterocycles. The molecule has 6 nitrogen and oxygen atoms in total. The number of hydrogen-bond acceptors (Lipinski definition) is 4. The lowest BCUT2D eigenvalue weighted by Crippen LogP contribution is -2.48. The van der Waals surface area contributed by atoms with E-state index in [9.17, 15) is 14.7 Å². The molecule has 2 atom stereocenters. The average Bonchev–Trinajstić information content (AvgIpc) is 3.10. The molecule has 3 rings (SSSR count). The minimum absolute atomic E-state index is 0.133. The zero-order valence-electron chi connectivity index (χ0n) is 13.6. The number of rotatable bonds is 6. The quantitative estimate of drug-likeness (QED) is 0.801. The fraction of sp³-hybridized carbons (Fsp3) is 0.556. The van der Waals surface area contributed by atoms with Crippen molar-refractivity contribution in [3.8, 4) is 0 Å². The van der Waals surface area contributed by atoms with Crippen LogP contribution in [0.1, 0.15) is 30.4 Å². The lowest BCUT2D eigenvalue weighted by molar-refractivity contribution is -0.152. The predicted octanol–water partition coefficient (Wildman–Crippen LogP) is 1.61. The van der Waals surface area contributed by atoms with Crippen LogP contribution in [0.25, 0.3) is 0 Å². The average molecular weight is 333 g/mol. The van der Waals surface area contributed by atoms with E-state index in [2.05, 4.69) is 0 Å². The van der Waals surface area contributed by atoms with Crippen LogP contribution in [0.4, 0.5) is 0 Å². The molecule has 1 aromatic rings. The summed E-state index contributed by atoms with van der Waals surface area (Å²) in [5.74, 6) is -1.14. The standard InChI is InChI=1S/C18H23NO5/c20-17(7-9-23-12-15-6-3-8-24-15)19-11-14-5-2-1-4-13(14)10-16(19)18(21)22/h1-2,4-5,15-16H,3,6-12H2,(H,21,22). The number of amides is 1. The molecule has 0 radical (unpaired) electrons. The highest BCUT2D eigenvalue weighted by Gasteiger charge is 2.34. The lowest BCUT2D eigenvalue weighted by atomic mass is 9.94. The largest absolute Gasteiger partial charge is 0.480 e. The zero-order chi connectivity index (χ0) is 16.9. The van der Waals surface area contributed by atoms with Gasteiger partial charge in [0.2, 0.25) is 5.91 Å². The highest BCUT2D eigenvalue weighted by Crippen LogP contribution is 2.24. The van der Waals surface area contributed by atoms with Gasteiger partial charge in [-0.25, -0.2) is 4.79 Å². The van der Waals surface area contributed by atoms with Gasteiger partial charge in [0.05, 0.1) is 25.7 Å². The number of carboxylic acids is 1. The van der Waals surface area contributed by atoms with Crippen molar-refractivity contribution in [1.82, 2.24) is 4.90 Å². The molecule has 0 spiro atoms. The van der Waals surface area contributed by atoms with E-state index in [1.165, 1.54) is 4.90 Å². The summed E-state index contributed by atoms with van der Waals surface area (Å²) in [6.45, 7) is 1.92. The van der Waals surface area contributed by atoms with Gasteiger partial charge in [-0.1, -0.05) is 24.3 Å². The SMILES string of the molecule is O=C(O)C1Cc2ccccc2CN1C(=O)CCOCC1CCCO1. The molecule has 24 heavy (non-hydrogen) atoms. The monoisotopic (exact) mass is 333 g/mol. The first-order valence-corrected chi connectivity index (χ1v) is 8.43. The number of carboxylic acid groups (broad SMARTS) is 1. The van der Waals surface area contributed by atoms with Crippen molar-refractivity contribution in [3.05, 3.63) is 35.4 Å². The van der Waals surface area contributed by atoms with Crippen LogP contribution in [0.5, 0.6) is 0 Å². The van der Waals surface area contributed by atoms with Crippen molar-refractivity contribution in [1.29, 1.82) is 0 Å². The normalized spacial score (nSPS) is 23.1. The summed E-state index contributed by atoms with van der Waals surface area (Å²) in [5, 5.41) is 9.46. The lowest BCUT2D eigenvalue weighted by Gasteiger charge is -2.34. The number of fused-ring (bicyclic) bond motifs is 1. The Morgan fingerprint density at radius 2 is 2.08 bits per heavy atom. The molecule has 2 aliphatic rings. The second kappa shape index (κ2) is 7.77. The van der Waals surface area contributed by atoms with Crippen LogP contribution in [0.15, 0.2) is 24.3 Å². The summed E-state index contributed by atoms with van der Waals surface area (Å²) >= 11 is 0. The third kappa shape index (κ3) is 3.94. The van der Waals surface area contributed by atoms with Gasteiger partial charge in [-0.05, 0) is 24.0 Å². The van der Waals surface area contributed by atoms with Crippen molar-refractivity contribution < 1.29 is 24.2 Å². The van der Waals surface area contributed by atoms with Crippen molar-refractivity contribution in [2.45, 2.75) is 44.4 Å². The van der Waals surface area contributed by atoms with Gasteiger partial charge in [0.25, 0.3) is 0 Å². The Kier molecular flexibility index (Phi) is 5.48. The molecule has 0 bridgehead atoms. The minimum atomic E-state index is -0.960. The number of carbonyl (C=O) groups excluding carboxylic acids is 1. The molecular formula is C18H23NO5. The molecule has 0 aromatic heterocycles. The van der Waals surface area contributed by atoms with Gasteiger partial charge in [0, 0.05) is 19.6 Å². The van der Waals surface area contributed by atoms with Gasteiger partial charge in [-0.2, -0.15) is 0 Å². The maximum atomic E-state index is 12.5. The number of ether oxygens (including phenoxy) is 2. The van der Waals surface area contributed by atoms with Crippen LogP contribution in [-0.2, 0) is 32.0 Å². The Balaban J connectivity index is 1.55. The predicted molar refractivity (Wildman–Crippen MR) is 86.5 cm³/mol. The van der Waals surface area contributed by atoms with E-state index in [-0.39, 0.29) is 18.4 Å². The highest BCUT2D eigenvalue weighted by molar-refractivity contribution is 5.84. The molecule has 0 aliphatic carbocycles. The first-order valence-electron chi connectivity index (χ1n) is 8.43. The summed E-state index contributed by atoms with van der Waals surface area (Å²) in [6.07, 6.45) is 2.74. The van der Waals surface area contributed by atoms with Crippen molar-refractivity contribution >= 4 is 11.9 Å². The summed E-state index contributed by atoms with van der Waals surface area (Å²) in [7, 11) is 0. The maximum absolute atomic E-state index is 12.5. The second-order valence-electron chi connectivity index (χ2n) is 6.31. The molecule has 1 fully saturated rings. The van der Waals surface area contributed by atoms with E-state index >= 15 is 0 Å². The van der Waals surface area contributed by atoms with Gasteiger partial charge < -0.3 is 19.5 Å². The van der Waals surface area contributed by atoms with E-state index < -0.39 is 12.0 Å². The molecule has 0 saturated carbocycles. The highest BCUT2D eigenvalue weighted by atomic mass is 16.5. The Hall–Kier alpha value is -1.92.